The number of alkyl halides is 3. The molecule has 0 aromatic heterocycles. The van der Waals surface area contributed by atoms with Gasteiger partial charge in [0.15, 0.2) is 0 Å². The van der Waals surface area contributed by atoms with Crippen molar-refractivity contribution in [3.8, 4) is 5.75 Å². The summed E-state index contributed by atoms with van der Waals surface area (Å²) < 4.78 is 58.8. The fourth-order valence-corrected chi connectivity index (χ4v) is 4.39. The number of likely N-dealkylation sites (tertiary alicyclic amines) is 1. The molecule has 0 spiro atoms. The maximum Gasteiger partial charge on any atom is 0.495 e. The molecule has 2 fully saturated rings. The van der Waals surface area contributed by atoms with Crippen molar-refractivity contribution in [3.63, 3.8) is 0 Å². The number of hydrogen-bond donors (Lipinski definition) is 1. The number of nitrogens with zero attached hydrogens (tertiary/aromatic N) is 1. The van der Waals surface area contributed by atoms with Crippen LogP contribution in [0.1, 0.15) is 62.0 Å². The largest absolute Gasteiger partial charge is 0.495 e. The highest BCUT2D eigenvalue weighted by Gasteiger charge is 2.52. The Labute approximate surface area is 216 Å². The van der Waals surface area contributed by atoms with Crippen molar-refractivity contribution >= 4 is 24.2 Å². The Balaban J connectivity index is 1.60. The summed E-state index contributed by atoms with van der Waals surface area (Å²) in [6.45, 7) is 11.3. The molecule has 2 aromatic rings. The van der Waals surface area contributed by atoms with E-state index in [2.05, 4.69) is 10.2 Å². The van der Waals surface area contributed by atoms with Crippen molar-refractivity contribution in [2.45, 2.75) is 70.9 Å². The fraction of sp³-hybridized carbons (Fsp3) is 0.519. The van der Waals surface area contributed by atoms with E-state index in [-0.39, 0.29) is 23.1 Å². The molecule has 1 amide bonds. The molecule has 37 heavy (non-hydrogen) atoms. The predicted molar refractivity (Wildman–Crippen MR) is 137 cm³/mol. The number of nitrogens with one attached hydrogen (secondary N) is 1. The van der Waals surface area contributed by atoms with E-state index in [1.807, 2.05) is 41.7 Å². The van der Waals surface area contributed by atoms with Gasteiger partial charge in [0.05, 0.1) is 22.5 Å². The first kappa shape index (κ1) is 27.5. The molecule has 10 heteroatoms. The van der Waals surface area contributed by atoms with E-state index >= 15 is 0 Å². The van der Waals surface area contributed by atoms with Gasteiger partial charge in [-0.2, -0.15) is 13.2 Å². The standard InChI is InChI=1S/C27H34BF3N2O4/c1-17-7-8-18(15-21(17)28-36-25(2,3)26(4,5)37-28)24(34)32-22-16-19(27(29,30)31)9-10-23(22)35-20-11-13-33(6)14-12-20/h7-10,15-16,20H,11-14H2,1-6H3,(H,32,34). The highest BCUT2D eigenvalue weighted by molar-refractivity contribution is 6.62. The molecule has 0 aliphatic carbocycles. The SMILES string of the molecule is Cc1ccc(C(=O)Nc2cc(C(F)(F)F)ccc2OC2CCN(C)CC2)cc1B1OC(C)(C)C(C)(C)O1. The van der Waals surface area contributed by atoms with Gasteiger partial charge < -0.3 is 24.3 Å². The van der Waals surface area contributed by atoms with Crippen molar-refractivity contribution < 1.29 is 32.0 Å². The summed E-state index contributed by atoms with van der Waals surface area (Å²) in [5.41, 5.74) is -0.144. The lowest BCUT2D eigenvalue weighted by Crippen LogP contribution is -2.41. The molecule has 0 radical (unpaired) electrons. The summed E-state index contributed by atoms with van der Waals surface area (Å²) in [4.78, 5) is 15.4. The van der Waals surface area contributed by atoms with Gasteiger partial charge >= 0.3 is 13.3 Å². The minimum atomic E-state index is -4.56. The van der Waals surface area contributed by atoms with Gasteiger partial charge in [-0.1, -0.05) is 11.6 Å². The number of rotatable bonds is 5. The van der Waals surface area contributed by atoms with E-state index < -0.39 is 36.0 Å². The minimum absolute atomic E-state index is 0.0171. The zero-order chi connectivity index (χ0) is 27.2. The average molecular weight is 518 g/mol. The lowest BCUT2D eigenvalue weighted by Gasteiger charge is -2.32. The molecular weight excluding hydrogens is 484 g/mol. The second kappa shape index (κ2) is 9.96. The highest BCUT2D eigenvalue weighted by atomic mass is 19.4. The third-order valence-electron chi connectivity index (χ3n) is 7.56. The number of hydrogen-bond acceptors (Lipinski definition) is 5. The number of ether oxygens (including phenoxy) is 1. The van der Waals surface area contributed by atoms with Crippen LogP contribution in [0, 0.1) is 6.92 Å². The van der Waals surface area contributed by atoms with Crippen molar-refractivity contribution in [2.24, 2.45) is 0 Å². The summed E-state index contributed by atoms with van der Waals surface area (Å²) in [7, 11) is 1.34. The molecule has 0 bridgehead atoms. The Morgan fingerprint density at radius 3 is 2.27 bits per heavy atom. The van der Waals surface area contributed by atoms with Crippen LogP contribution in [0.4, 0.5) is 18.9 Å². The van der Waals surface area contributed by atoms with Crippen LogP contribution >= 0.6 is 0 Å². The van der Waals surface area contributed by atoms with E-state index in [1.54, 1.807) is 18.2 Å². The first-order valence-electron chi connectivity index (χ1n) is 12.5. The summed E-state index contributed by atoms with van der Waals surface area (Å²) in [5.74, 6) is -0.334. The quantitative estimate of drug-likeness (QED) is 0.563. The van der Waals surface area contributed by atoms with E-state index in [0.29, 0.717) is 5.46 Å². The number of piperidine rings is 1. The summed E-state index contributed by atoms with van der Waals surface area (Å²) >= 11 is 0. The smallest absolute Gasteiger partial charge is 0.488 e. The van der Waals surface area contributed by atoms with Crippen LogP contribution in [0.3, 0.4) is 0 Å². The molecule has 2 aliphatic rings. The van der Waals surface area contributed by atoms with Crippen molar-refractivity contribution in [3.05, 3.63) is 53.1 Å². The van der Waals surface area contributed by atoms with E-state index in [1.165, 1.54) is 6.07 Å². The van der Waals surface area contributed by atoms with Crippen LogP contribution in [-0.4, -0.2) is 55.4 Å². The number of benzene rings is 2. The Morgan fingerprint density at radius 1 is 1.05 bits per heavy atom. The third kappa shape index (κ3) is 5.97. The molecule has 6 nitrogen and oxygen atoms in total. The number of halogens is 3. The van der Waals surface area contributed by atoms with Crippen molar-refractivity contribution in [2.75, 3.05) is 25.5 Å². The molecule has 2 saturated heterocycles. The van der Waals surface area contributed by atoms with Crippen LogP contribution in [-0.2, 0) is 15.5 Å². The third-order valence-corrected chi connectivity index (χ3v) is 7.56. The summed E-state index contributed by atoms with van der Waals surface area (Å²) in [5, 5.41) is 2.65. The maximum absolute atomic E-state index is 13.5. The van der Waals surface area contributed by atoms with Crippen LogP contribution in [0.25, 0.3) is 0 Å². The van der Waals surface area contributed by atoms with Crippen molar-refractivity contribution in [1.82, 2.24) is 4.90 Å². The lowest BCUT2D eigenvalue weighted by atomic mass is 9.75. The Kier molecular flexibility index (Phi) is 7.40. The van der Waals surface area contributed by atoms with Crippen molar-refractivity contribution in [1.29, 1.82) is 0 Å². The molecule has 2 aromatic carbocycles. The monoisotopic (exact) mass is 518 g/mol. The number of aryl methyl sites for hydroxylation is 1. The van der Waals surface area contributed by atoms with E-state index in [0.717, 1.165) is 43.6 Å². The highest BCUT2D eigenvalue weighted by Crippen LogP contribution is 2.38. The summed E-state index contributed by atoms with van der Waals surface area (Å²) in [6, 6.07) is 8.25. The normalized spacial score (nSPS) is 20.2. The second-order valence-electron chi connectivity index (χ2n) is 10.9. The first-order chi connectivity index (χ1) is 17.2. The topological polar surface area (TPSA) is 60.0 Å². The fourth-order valence-electron chi connectivity index (χ4n) is 4.39. The Morgan fingerprint density at radius 2 is 1.68 bits per heavy atom. The molecule has 0 unspecified atom stereocenters. The molecule has 200 valence electrons. The van der Waals surface area contributed by atoms with Gasteiger partial charge in [0, 0.05) is 18.7 Å². The minimum Gasteiger partial charge on any atom is -0.488 e. The Hall–Kier alpha value is -2.56. The van der Waals surface area contributed by atoms with Crippen LogP contribution in [0.2, 0.25) is 0 Å². The molecule has 2 heterocycles. The van der Waals surface area contributed by atoms with Crippen LogP contribution in [0.15, 0.2) is 36.4 Å². The van der Waals surface area contributed by atoms with E-state index in [9.17, 15) is 18.0 Å². The van der Waals surface area contributed by atoms with Gasteiger partial charge in [0.2, 0.25) is 0 Å². The predicted octanol–water partition coefficient (Wildman–Crippen LogP) is 5.04. The molecule has 4 rings (SSSR count). The van der Waals surface area contributed by atoms with Gasteiger partial charge in [0.25, 0.3) is 5.91 Å². The molecule has 0 atom stereocenters. The van der Waals surface area contributed by atoms with Gasteiger partial charge in [-0.3, -0.25) is 4.79 Å². The zero-order valence-corrected chi connectivity index (χ0v) is 22.2. The molecule has 2 aliphatic heterocycles. The number of carbonyl (C=O) groups is 1. The lowest BCUT2D eigenvalue weighted by molar-refractivity contribution is -0.137. The second-order valence-corrected chi connectivity index (χ2v) is 10.9. The first-order valence-corrected chi connectivity index (χ1v) is 12.5. The molecule has 0 saturated carbocycles. The van der Waals surface area contributed by atoms with E-state index in [4.69, 9.17) is 14.0 Å². The van der Waals surface area contributed by atoms with Crippen LogP contribution in [0.5, 0.6) is 5.75 Å². The van der Waals surface area contributed by atoms with Gasteiger partial charge in [-0.25, -0.2) is 0 Å². The zero-order valence-electron chi connectivity index (χ0n) is 22.2. The Bertz CT molecular complexity index is 1140. The molecule has 1 N–H and O–H groups in total. The summed E-state index contributed by atoms with van der Waals surface area (Å²) in [6.07, 6.45) is -3.20. The molecular formula is C27H34BF3N2O4. The average Bonchev–Trinajstić information content (AvgIpc) is 3.02. The van der Waals surface area contributed by atoms with Gasteiger partial charge in [-0.15, -0.1) is 0 Å². The van der Waals surface area contributed by atoms with Gasteiger partial charge in [0.1, 0.15) is 11.9 Å². The number of anilines is 1. The number of carbonyl (C=O) groups excluding carboxylic acids is 1. The maximum atomic E-state index is 13.5. The van der Waals surface area contributed by atoms with Crippen LogP contribution < -0.4 is 15.5 Å². The number of amides is 1. The van der Waals surface area contributed by atoms with Gasteiger partial charge in [-0.05, 0) is 90.3 Å².